The zero-order chi connectivity index (χ0) is 24.3. The first-order valence-electron chi connectivity index (χ1n) is 12.1. The number of hydrogen-bond donors (Lipinski definition) is 1. The lowest BCUT2D eigenvalue weighted by Gasteiger charge is -2.31. The number of carbonyl (C=O) groups excluding carboxylic acids is 2. The maximum atomic E-state index is 13.2. The SMILES string of the molecule is COc1ccc(OCCCC(=O)N(Cc2cccc(Cl)c2)[C@H](C)C(=O)NC2CCCCC2)cc1. The normalized spacial score (nSPS) is 14.8. The summed E-state index contributed by atoms with van der Waals surface area (Å²) < 4.78 is 10.9. The number of methoxy groups -OCH3 is 1. The summed E-state index contributed by atoms with van der Waals surface area (Å²) in [5.74, 6) is 1.31. The van der Waals surface area contributed by atoms with Crippen molar-refractivity contribution in [1.82, 2.24) is 10.2 Å². The summed E-state index contributed by atoms with van der Waals surface area (Å²) in [7, 11) is 1.62. The monoisotopic (exact) mass is 486 g/mol. The van der Waals surface area contributed by atoms with Crippen molar-refractivity contribution in [2.24, 2.45) is 0 Å². The Morgan fingerprint density at radius 3 is 2.47 bits per heavy atom. The highest BCUT2D eigenvalue weighted by Gasteiger charge is 2.27. The fraction of sp³-hybridized carbons (Fsp3) is 0.481. The van der Waals surface area contributed by atoms with Crippen LogP contribution in [-0.4, -0.2) is 42.5 Å². The van der Waals surface area contributed by atoms with E-state index in [1.807, 2.05) is 42.5 Å². The lowest BCUT2D eigenvalue weighted by molar-refractivity contribution is -0.141. The van der Waals surface area contributed by atoms with Gasteiger partial charge in [-0.05, 0) is 68.1 Å². The molecule has 2 aromatic rings. The molecule has 34 heavy (non-hydrogen) atoms. The van der Waals surface area contributed by atoms with Gasteiger partial charge >= 0.3 is 0 Å². The first-order chi connectivity index (χ1) is 16.5. The lowest BCUT2D eigenvalue weighted by atomic mass is 9.95. The molecular formula is C27H35ClN2O4. The maximum Gasteiger partial charge on any atom is 0.242 e. The van der Waals surface area contributed by atoms with Crippen LogP contribution in [0.5, 0.6) is 11.5 Å². The lowest BCUT2D eigenvalue weighted by Crippen LogP contribution is -2.50. The molecule has 0 aromatic heterocycles. The molecule has 1 aliphatic rings. The summed E-state index contributed by atoms with van der Waals surface area (Å²) in [6, 6.07) is 14.4. The highest BCUT2D eigenvalue weighted by atomic mass is 35.5. The topological polar surface area (TPSA) is 67.9 Å². The van der Waals surface area contributed by atoms with Gasteiger partial charge in [-0.25, -0.2) is 0 Å². The number of hydrogen-bond acceptors (Lipinski definition) is 4. The van der Waals surface area contributed by atoms with Crippen LogP contribution in [0, 0.1) is 0 Å². The molecule has 0 bridgehead atoms. The van der Waals surface area contributed by atoms with E-state index in [0.717, 1.165) is 42.7 Å². The van der Waals surface area contributed by atoms with E-state index in [-0.39, 0.29) is 24.3 Å². The summed E-state index contributed by atoms with van der Waals surface area (Å²) in [6.07, 6.45) is 6.34. The van der Waals surface area contributed by atoms with Gasteiger partial charge < -0.3 is 19.7 Å². The van der Waals surface area contributed by atoms with Gasteiger partial charge in [0.05, 0.1) is 13.7 Å². The van der Waals surface area contributed by atoms with E-state index in [0.29, 0.717) is 24.6 Å². The van der Waals surface area contributed by atoms with Crippen molar-refractivity contribution in [3.8, 4) is 11.5 Å². The zero-order valence-corrected chi connectivity index (χ0v) is 20.9. The quantitative estimate of drug-likeness (QED) is 0.433. The van der Waals surface area contributed by atoms with Crippen LogP contribution in [0.15, 0.2) is 48.5 Å². The predicted octanol–water partition coefficient (Wildman–Crippen LogP) is 5.37. The van der Waals surface area contributed by atoms with Gasteiger partial charge in [0.1, 0.15) is 17.5 Å². The fourth-order valence-electron chi connectivity index (χ4n) is 4.21. The Bertz CT molecular complexity index is 928. The number of ether oxygens (including phenoxy) is 2. The summed E-state index contributed by atoms with van der Waals surface area (Å²) in [6.45, 7) is 2.54. The van der Waals surface area contributed by atoms with Crippen molar-refractivity contribution in [3.05, 3.63) is 59.1 Å². The molecule has 0 heterocycles. The van der Waals surface area contributed by atoms with Crippen molar-refractivity contribution >= 4 is 23.4 Å². The van der Waals surface area contributed by atoms with Crippen molar-refractivity contribution in [2.75, 3.05) is 13.7 Å². The molecule has 0 radical (unpaired) electrons. The third-order valence-corrected chi connectivity index (χ3v) is 6.46. The van der Waals surface area contributed by atoms with Gasteiger partial charge in [-0.1, -0.05) is 43.0 Å². The standard InChI is InChI=1S/C27H35ClN2O4/c1-20(27(32)29-23-10-4-3-5-11-23)30(19-21-8-6-9-22(28)18-21)26(31)12-7-17-34-25-15-13-24(33-2)14-16-25/h6,8-9,13-16,18,20,23H,3-5,7,10-12,17,19H2,1-2H3,(H,29,32)/t20-/m1/s1. The minimum atomic E-state index is -0.573. The average molecular weight is 487 g/mol. The molecule has 1 atom stereocenters. The number of carbonyl (C=O) groups is 2. The third-order valence-electron chi connectivity index (χ3n) is 6.22. The molecule has 2 aromatic carbocycles. The molecule has 1 fully saturated rings. The number of halogens is 1. The summed E-state index contributed by atoms with van der Waals surface area (Å²) in [5, 5.41) is 3.76. The molecule has 3 rings (SSSR count). The molecule has 1 N–H and O–H groups in total. The Balaban J connectivity index is 1.58. The fourth-order valence-corrected chi connectivity index (χ4v) is 4.43. The third kappa shape index (κ3) is 7.94. The molecule has 6 nitrogen and oxygen atoms in total. The van der Waals surface area contributed by atoms with E-state index in [4.69, 9.17) is 21.1 Å². The summed E-state index contributed by atoms with van der Waals surface area (Å²) in [4.78, 5) is 27.9. The second-order valence-corrected chi connectivity index (χ2v) is 9.24. The molecular weight excluding hydrogens is 452 g/mol. The molecule has 0 unspecified atom stereocenters. The molecule has 7 heteroatoms. The number of nitrogens with one attached hydrogen (secondary N) is 1. The van der Waals surface area contributed by atoms with Gasteiger partial charge in [-0.2, -0.15) is 0 Å². The summed E-state index contributed by atoms with van der Waals surface area (Å²) in [5.41, 5.74) is 0.896. The Labute approximate surface area is 207 Å². The molecule has 1 aliphatic carbocycles. The molecule has 184 valence electrons. The van der Waals surface area contributed by atoms with Crippen LogP contribution in [0.25, 0.3) is 0 Å². The van der Waals surface area contributed by atoms with E-state index in [1.165, 1.54) is 6.42 Å². The Kier molecular flexibility index (Phi) is 10.1. The van der Waals surface area contributed by atoms with Crippen LogP contribution in [-0.2, 0) is 16.1 Å². The van der Waals surface area contributed by atoms with Crippen molar-refractivity contribution in [3.63, 3.8) is 0 Å². The number of rotatable bonds is 11. The minimum Gasteiger partial charge on any atom is -0.497 e. The minimum absolute atomic E-state index is 0.0791. The second kappa shape index (κ2) is 13.2. The van der Waals surface area contributed by atoms with Gasteiger partial charge in [0.2, 0.25) is 11.8 Å². The van der Waals surface area contributed by atoms with Crippen LogP contribution in [0.4, 0.5) is 0 Å². The first kappa shape index (κ1) is 25.9. The van der Waals surface area contributed by atoms with Crippen molar-refractivity contribution < 1.29 is 19.1 Å². The second-order valence-electron chi connectivity index (χ2n) is 8.80. The van der Waals surface area contributed by atoms with Gasteiger partial charge in [0.15, 0.2) is 0 Å². The molecule has 0 aliphatic heterocycles. The van der Waals surface area contributed by atoms with E-state index >= 15 is 0 Å². The zero-order valence-electron chi connectivity index (χ0n) is 20.1. The van der Waals surface area contributed by atoms with E-state index < -0.39 is 6.04 Å². The van der Waals surface area contributed by atoms with E-state index in [9.17, 15) is 9.59 Å². The van der Waals surface area contributed by atoms with Gasteiger partial charge in [0.25, 0.3) is 0 Å². The molecule has 2 amide bonds. The van der Waals surface area contributed by atoms with E-state index in [1.54, 1.807) is 25.0 Å². The first-order valence-corrected chi connectivity index (χ1v) is 12.4. The van der Waals surface area contributed by atoms with Crippen molar-refractivity contribution in [2.45, 2.75) is 70.5 Å². The van der Waals surface area contributed by atoms with Crippen LogP contribution in [0.3, 0.4) is 0 Å². The van der Waals surface area contributed by atoms with Crippen LogP contribution >= 0.6 is 11.6 Å². The van der Waals surface area contributed by atoms with Crippen LogP contribution in [0.2, 0.25) is 5.02 Å². The predicted molar refractivity (Wildman–Crippen MR) is 134 cm³/mol. The Morgan fingerprint density at radius 2 is 1.79 bits per heavy atom. The van der Waals surface area contributed by atoms with Gasteiger partial charge in [0, 0.05) is 24.0 Å². The Morgan fingerprint density at radius 1 is 1.09 bits per heavy atom. The highest BCUT2D eigenvalue weighted by Crippen LogP contribution is 2.20. The number of amides is 2. The van der Waals surface area contributed by atoms with Crippen LogP contribution in [0.1, 0.15) is 57.4 Å². The van der Waals surface area contributed by atoms with E-state index in [2.05, 4.69) is 5.32 Å². The maximum absolute atomic E-state index is 13.2. The summed E-state index contributed by atoms with van der Waals surface area (Å²) >= 11 is 6.15. The number of benzene rings is 2. The van der Waals surface area contributed by atoms with Gasteiger partial charge in [-0.15, -0.1) is 0 Å². The largest absolute Gasteiger partial charge is 0.497 e. The van der Waals surface area contributed by atoms with Gasteiger partial charge in [-0.3, -0.25) is 9.59 Å². The molecule has 1 saturated carbocycles. The van der Waals surface area contributed by atoms with Crippen LogP contribution < -0.4 is 14.8 Å². The Hall–Kier alpha value is -2.73. The number of nitrogens with zero attached hydrogens (tertiary/aromatic N) is 1. The van der Waals surface area contributed by atoms with Crippen molar-refractivity contribution in [1.29, 1.82) is 0 Å². The molecule has 0 saturated heterocycles. The average Bonchev–Trinajstić information content (AvgIpc) is 2.85. The molecule has 0 spiro atoms. The highest BCUT2D eigenvalue weighted by molar-refractivity contribution is 6.30. The smallest absolute Gasteiger partial charge is 0.242 e.